The van der Waals surface area contributed by atoms with Crippen molar-refractivity contribution in [1.82, 2.24) is 10.4 Å². The number of amides is 1. The molecule has 1 aromatic heterocycles. The molecule has 3 N–H and O–H groups in total. The molecule has 2 atom stereocenters. The van der Waals surface area contributed by atoms with E-state index in [0.717, 1.165) is 17.7 Å². The van der Waals surface area contributed by atoms with Crippen molar-refractivity contribution in [2.75, 3.05) is 23.3 Å². The highest BCUT2D eigenvalue weighted by Gasteiger charge is 2.31. The van der Waals surface area contributed by atoms with Gasteiger partial charge in [0, 0.05) is 43.2 Å². The smallest absolute Gasteiger partial charge is 0.406 e. The number of carbonyl (C=O) groups excluding carboxylic acids is 1. The lowest BCUT2D eigenvalue weighted by atomic mass is 10.0. The average Bonchev–Trinajstić information content (AvgIpc) is 3.40. The van der Waals surface area contributed by atoms with Crippen molar-refractivity contribution in [2.24, 2.45) is 5.10 Å². The number of halogens is 3. The fourth-order valence-electron chi connectivity index (χ4n) is 3.55. The Morgan fingerprint density at radius 1 is 1.29 bits per heavy atom. The molecule has 1 fully saturated rings. The predicted octanol–water partition coefficient (Wildman–Crippen LogP) is 2.82. The van der Waals surface area contributed by atoms with Gasteiger partial charge in [-0.05, 0) is 36.8 Å². The van der Waals surface area contributed by atoms with Crippen molar-refractivity contribution in [1.29, 1.82) is 0 Å². The van der Waals surface area contributed by atoms with Gasteiger partial charge in [-0.3, -0.25) is 4.79 Å². The zero-order valence-electron chi connectivity index (χ0n) is 16.3. The molecule has 2 aliphatic heterocycles. The molecular weight excluding hydrogens is 415 g/mol. The van der Waals surface area contributed by atoms with Gasteiger partial charge in [0.05, 0.1) is 17.7 Å². The van der Waals surface area contributed by atoms with Crippen LogP contribution in [0.15, 0.2) is 41.6 Å². The van der Waals surface area contributed by atoms with Gasteiger partial charge in [-0.15, -0.1) is 13.2 Å². The lowest BCUT2D eigenvalue weighted by Gasteiger charge is -2.23. The zero-order chi connectivity index (χ0) is 22.0. The number of aromatic nitrogens is 1. The first-order valence-corrected chi connectivity index (χ1v) is 9.65. The summed E-state index contributed by atoms with van der Waals surface area (Å²) in [5.41, 5.74) is 4.39. The summed E-state index contributed by atoms with van der Waals surface area (Å²) >= 11 is 0. The largest absolute Gasteiger partial charge is 0.573 e. The summed E-state index contributed by atoms with van der Waals surface area (Å²) in [5.74, 6) is -0.145. The number of ether oxygens (including phenoxy) is 1. The molecule has 0 radical (unpaired) electrons. The van der Waals surface area contributed by atoms with Crippen LogP contribution in [0, 0.1) is 0 Å². The van der Waals surface area contributed by atoms with Crippen molar-refractivity contribution in [3.63, 3.8) is 0 Å². The van der Waals surface area contributed by atoms with E-state index < -0.39 is 18.4 Å². The minimum atomic E-state index is -4.78. The topological polar surface area (TPSA) is 99.1 Å². The van der Waals surface area contributed by atoms with Crippen LogP contribution in [0.2, 0.25) is 0 Å². The first-order valence-electron chi connectivity index (χ1n) is 9.65. The van der Waals surface area contributed by atoms with E-state index in [1.807, 2.05) is 4.90 Å². The van der Waals surface area contributed by atoms with E-state index in [4.69, 9.17) is 0 Å². The predicted molar refractivity (Wildman–Crippen MR) is 107 cm³/mol. The second-order valence-corrected chi connectivity index (χ2v) is 7.28. The Kier molecular flexibility index (Phi) is 5.68. The maximum Gasteiger partial charge on any atom is 0.573 e. The van der Waals surface area contributed by atoms with Crippen molar-refractivity contribution < 1.29 is 27.8 Å². The van der Waals surface area contributed by atoms with E-state index in [2.05, 4.69) is 25.6 Å². The van der Waals surface area contributed by atoms with Crippen molar-refractivity contribution >= 4 is 23.6 Å². The number of hydrogen-bond acceptors (Lipinski definition) is 7. The molecule has 0 saturated carbocycles. The van der Waals surface area contributed by atoms with Gasteiger partial charge in [0.25, 0.3) is 5.91 Å². The number of rotatable bonds is 5. The SMILES string of the molecule is O=C(Nc1ccc(OC(F)(F)F)cc1)c1cnc(N2CC[C@H](O)C2)c(C2CC=NN2)c1. The highest BCUT2D eigenvalue weighted by molar-refractivity contribution is 6.04. The maximum atomic E-state index is 12.7. The van der Waals surface area contributed by atoms with Crippen LogP contribution in [0.4, 0.5) is 24.7 Å². The summed E-state index contributed by atoms with van der Waals surface area (Å²) in [5, 5.41) is 16.5. The molecule has 3 heterocycles. The molecule has 0 aliphatic carbocycles. The molecule has 1 unspecified atom stereocenters. The highest BCUT2D eigenvalue weighted by Crippen LogP contribution is 2.31. The van der Waals surface area contributed by atoms with Crippen LogP contribution in [-0.2, 0) is 0 Å². The Labute approximate surface area is 175 Å². The highest BCUT2D eigenvalue weighted by atomic mass is 19.4. The average molecular weight is 435 g/mol. The minimum absolute atomic E-state index is 0.146. The number of nitrogens with zero attached hydrogens (tertiary/aromatic N) is 3. The van der Waals surface area contributed by atoms with Gasteiger partial charge >= 0.3 is 6.36 Å². The number of hydrazone groups is 1. The standard InChI is InChI=1S/C20H20F3N5O3/c21-20(22,23)31-15-3-1-13(2-4-15)26-19(30)12-9-16(17-5-7-25-27-17)18(24-10-12)28-8-6-14(29)11-28/h1-4,7,9-10,14,17,27,29H,5-6,8,11H2,(H,26,30)/t14-,17?/m0/s1. The fourth-order valence-corrected chi connectivity index (χ4v) is 3.55. The number of anilines is 2. The van der Waals surface area contributed by atoms with Gasteiger partial charge in [0.1, 0.15) is 11.6 Å². The van der Waals surface area contributed by atoms with E-state index >= 15 is 0 Å². The molecule has 4 rings (SSSR count). The van der Waals surface area contributed by atoms with Gasteiger partial charge in [0.15, 0.2) is 0 Å². The van der Waals surface area contributed by atoms with Crippen molar-refractivity contribution in [3.05, 3.63) is 47.7 Å². The van der Waals surface area contributed by atoms with Gasteiger partial charge in [0.2, 0.25) is 0 Å². The summed E-state index contributed by atoms with van der Waals surface area (Å²) in [6.07, 6.45) is -0.740. The Morgan fingerprint density at radius 3 is 2.68 bits per heavy atom. The number of carbonyl (C=O) groups is 1. The van der Waals surface area contributed by atoms with Crippen LogP contribution in [-0.4, -0.2) is 47.8 Å². The molecule has 2 aliphatic rings. The number of aliphatic hydroxyl groups excluding tert-OH is 1. The summed E-state index contributed by atoms with van der Waals surface area (Å²) in [4.78, 5) is 19.2. The number of alkyl halides is 3. The number of pyridine rings is 1. The second kappa shape index (κ2) is 8.42. The van der Waals surface area contributed by atoms with Gasteiger partial charge in [-0.2, -0.15) is 5.10 Å². The van der Waals surface area contributed by atoms with E-state index in [1.54, 1.807) is 12.3 Å². The van der Waals surface area contributed by atoms with E-state index in [-0.39, 0.29) is 11.8 Å². The van der Waals surface area contributed by atoms with E-state index in [0.29, 0.717) is 43.0 Å². The van der Waals surface area contributed by atoms with Gasteiger partial charge < -0.3 is 25.5 Å². The summed E-state index contributed by atoms with van der Waals surface area (Å²) in [7, 11) is 0. The minimum Gasteiger partial charge on any atom is -0.406 e. The lowest BCUT2D eigenvalue weighted by molar-refractivity contribution is -0.274. The Hall–Kier alpha value is -3.34. The molecule has 31 heavy (non-hydrogen) atoms. The molecular formula is C20H20F3N5O3. The molecule has 1 amide bonds. The Morgan fingerprint density at radius 2 is 2.06 bits per heavy atom. The van der Waals surface area contributed by atoms with Crippen LogP contribution >= 0.6 is 0 Å². The quantitative estimate of drug-likeness (QED) is 0.668. The lowest BCUT2D eigenvalue weighted by Crippen LogP contribution is -2.26. The third kappa shape index (κ3) is 5.05. The fraction of sp³-hybridized carbons (Fsp3) is 0.350. The normalized spacial score (nSPS) is 20.6. The van der Waals surface area contributed by atoms with Crippen LogP contribution in [0.25, 0.3) is 0 Å². The van der Waals surface area contributed by atoms with Crippen molar-refractivity contribution in [2.45, 2.75) is 31.3 Å². The summed E-state index contributed by atoms with van der Waals surface area (Å²) < 4.78 is 40.6. The number of aliphatic hydroxyl groups is 1. The number of benzene rings is 1. The van der Waals surface area contributed by atoms with Gasteiger partial charge in [-0.1, -0.05) is 0 Å². The molecule has 8 nitrogen and oxygen atoms in total. The first kappa shape index (κ1) is 20.9. The molecule has 2 aromatic rings. The summed E-state index contributed by atoms with van der Waals surface area (Å²) in [6.45, 7) is 1.12. The molecule has 1 aromatic carbocycles. The van der Waals surface area contributed by atoms with Crippen LogP contribution in [0.1, 0.15) is 34.8 Å². The van der Waals surface area contributed by atoms with Crippen LogP contribution in [0.5, 0.6) is 5.75 Å². The number of nitrogens with one attached hydrogen (secondary N) is 2. The summed E-state index contributed by atoms with van der Waals surface area (Å²) in [6, 6.07) is 6.45. The third-order valence-corrected chi connectivity index (χ3v) is 5.00. The van der Waals surface area contributed by atoms with Crippen LogP contribution in [0.3, 0.4) is 0 Å². The number of β-amino-alcohol motifs (C(OH)–C–C–N with tert-alkyl or cyclic N) is 1. The van der Waals surface area contributed by atoms with Crippen molar-refractivity contribution in [3.8, 4) is 5.75 Å². The van der Waals surface area contributed by atoms with Gasteiger partial charge in [-0.25, -0.2) is 4.98 Å². The maximum absolute atomic E-state index is 12.7. The molecule has 164 valence electrons. The van der Waals surface area contributed by atoms with Crippen LogP contribution < -0.4 is 20.4 Å². The molecule has 0 bridgehead atoms. The molecule has 11 heteroatoms. The van der Waals surface area contributed by atoms with E-state index in [1.165, 1.54) is 18.3 Å². The monoisotopic (exact) mass is 435 g/mol. The Bertz CT molecular complexity index is 973. The second-order valence-electron chi connectivity index (χ2n) is 7.28. The third-order valence-electron chi connectivity index (χ3n) is 5.00. The molecule has 1 saturated heterocycles. The first-order chi connectivity index (χ1) is 14.8. The molecule has 0 spiro atoms. The zero-order valence-corrected chi connectivity index (χ0v) is 16.3. The van der Waals surface area contributed by atoms with E-state index in [9.17, 15) is 23.1 Å². The Balaban J connectivity index is 1.52. The number of hydrogen-bond donors (Lipinski definition) is 3.